The molecule has 96 valence electrons. The van der Waals surface area contributed by atoms with E-state index in [1.807, 2.05) is 0 Å². The van der Waals surface area contributed by atoms with Crippen LogP contribution in [0.5, 0.6) is 0 Å². The zero-order valence-electron chi connectivity index (χ0n) is 11.3. The largest absolute Gasteiger partial charge is 0.378 e. The summed E-state index contributed by atoms with van der Waals surface area (Å²) < 4.78 is 5.84. The third kappa shape index (κ3) is 4.84. The summed E-state index contributed by atoms with van der Waals surface area (Å²) in [7, 11) is 0. The van der Waals surface area contributed by atoms with Crippen LogP contribution in [0.15, 0.2) is 0 Å². The molecule has 16 heavy (non-hydrogen) atoms. The Morgan fingerprint density at radius 3 is 2.81 bits per heavy atom. The molecule has 3 unspecified atom stereocenters. The topological polar surface area (TPSA) is 21.3 Å². The Kier molecular flexibility index (Phi) is 7.06. The molecule has 0 aromatic carbocycles. The average molecular weight is 227 g/mol. The fraction of sp³-hybridized carbons (Fsp3) is 1.00. The fourth-order valence-corrected chi connectivity index (χ4v) is 2.82. The number of nitrogens with one attached hydrogen (secondary N) is 1. The Morgan fingerprint density at radius 2 is 2.12 bits per heavy atom. The quantitative estimate of drug-likeness (QED) is 0.686. The second kappa shape index (κ2) is 8.08. The van der Waals surface area contributed by atoms with Crippen LogP contribution in [0.25, 0.3) is 0 Å². The van der Waals surface area contributed by atoms with E-state index in [0.717, 1.165) is 25.1 Å². The molecule has 1 N–H and O–H groups in total. The Labute approximate surface area is 101 Å². The lowest BCUT2D eigenvalue weighted by Crippen LogP contribution is -2.32. The van der Waals surface area contributed by atoms with Crippen molar-refractivity contribution in [3.63, 3.8) is 0 Å². The second-order valence-corrected chi connectivity index (χ2v) is 5.11. The molecule has 0 aromatic heterocycles. The van der Waals surface area contributed by atoms with Crippen molar-refractivity contribution in [2.75, 3.05) is 13.2 Å². The third-order valence-corrected chi connectivity index (χ3v) is 3.71. The standard InChI is InChI=1S/C14H29NO/c1-4-7-12(3)16-11-10-13-8-6-9-14(13)15-5-2/h12-15H,4-11H2,1-3H3. The first-order chi connectivity index (χ1) is 7.77. The van der Waals surface area contributed by atoms with Crippen molar-refractivity contribution in [1.29, 1.82) is 0 Å². The van der Waals surface area contributed by atoms with E-state index in [1.54, 1.807) is 0 Å². The minimum atomic E-state index is 0.448. The summed E-state index contributed by atoms with van der Waals surface area (Å²) in [5.74, 6) is 0.855. The second-order valence-electron chi connectivity index (χ2n) is 5.11. The summed E-state index contributed by atoms with van der Waals surface area (Å²) in [5.41, 5.74) is 0. The summed E-state index contributed by atoms with van der Waals surface area (Å²) >= 11 is 0. The van der Waals surface area contributed by atoms with E-state index in [9.17, 15) is 0 Å². The van der Waals surface area contributed by atoms with Crippen LogP contribution in [0.2, 0.25) is 0 Å². The van der Waals surface area contributed by atoms with E-state index in [-0.39, 0.29) is 0 Å². The van der Waals surface area contributed by atoms with Gasteiger partial charge in [0.15, 0.2) is 0 Å². The molecule has 0 radical (unpaired) electrons. The summed E-state index contributed by atoms with van der Waals surface area (Å²) in [6.45, 7) is 8.68. The number of ether oxygens (including phenoxy) is 1. The lowest BCUT2D eigenvalue weighted by Gasteiger charge is -2.21. The first-order valence-corrected chi connectivity index (χ1v) is 7.12. The van der Waals surface area contributed by atoms with Crippen LogP contribution in [-0.2, 0) is 4.74 Å². The summed E-state index contributed by atoms with van der Waals surface area (Å²) in [6.07, 6.45) is 8.26. The molecule has 0 spiro atoms. The molecule has 3 atom stereocenters. The molecule has 1 aliphatic rings. The highest BCUT2D eigenvalue weighted by Crippen LogP contribution is 2.28. The smallest absolute Gasteiger partial charge is 0.0546 e. The van der Waals surface area contributed by atoms with Gasteiger partial charge in [0, 0.05) is 12.6 Å². The van der Waals surface area contributed by atoms with E-state index in [4.69, 9.17) is 4.74 Å². The zero-order valence-corrected chi connectivity index (χ0v) is 11.3. The summed E-state index contributed by atoms with van der Waals surface area (Å²) in [5, 5.41) is 3.60. The van der Waals surface area contributed by atoms with Crippen molar-refractivity contribution in [3.8, 4) is 0 Å². The van der Waals surface area contributed by atoms with Crippen molar-refractivity contribution in [2.24, 2.45) is 5.92 Å². The highest BCUT2D eigenvalue weighted by molar-refractivity contribution is 4.82. The van der Waals surface area contributed by atoms with E-state index >= 15 is 0 Å². The number of hydrogen-bond donors (Lipinski definition) is 1. The molecule has 0 bridgehead atoms. The molecule has 0 amide bonds. The van der Waals surface area contributed by atoms with Gasteiger partial charge in [-0.3, -0.25) is 0 Å². The van der Waals surface area contributed by atoms with Crippen LogP contribution < -0.4 is 5.32 Å². The minimum Gasteiger partial charge on any atom is -0.378 e. The van der Waals surface area contributed by atoms with Gasteiger partial charge in [-0.05, 0) is 45.1 Å². The molecule has 0 heterocycles. The first kappa shape index (κ1) is 14.0. The fourth-order valence-electron chi connectivity index (χ4n) is 2.82. The Morgan fingerprint density at radius 1 is 1.31 bits per heavy atom. The maximum atomic E-state index is 5.84. The SMILES string of the molecule is CCCC(C)OCCC1CCCC1NCC. The zero-order chi connectivity index (χ0) is 11.8. The minimum absolute atomic E-state index is 0.448. The molecule has 0 saturated heterocycles. The van der Waals surface area contributed by atoms with Crippen LogP contribution in [0.1, 0.15) is 59.3 Å². The molecular formula is C14H29NO. The summed E-state index contributed by atoms with van der Waals surface area (Å²) in [6, 6.07) is 0.759. The van der Waals surface area contributed by atoms with Crippen molar-refractivity contribution < 1.29 is 4.74 Å². The third-order valence-electron chi connectivity index (χ3n) is 3.71. The molecule has 2 heteroatoms. The van der Waals surface area contributed by atoms with E-state index < -0.39 is 0 Å². The molecule has 0 aromatic rings. The van der Waals surface area contributed by atoms with E-state index in [0.29, 0.717) is 6.10 Å². The molecule has 0 aliphatic heterocycles. The van der Waals surface area contributed by atoms with Crippen molar-refractivity contribution in [3.05, 3.63) is 0 Å². The predicted octanol–water partition coefficient (Wildman–Crippen LogP) is 3.36. The van der Waals surface area contributed by atoms with Crippen LogP contribution in [0.3, 0.4) is 0 Å². The van der Waals surface area contributed by atoms with Crippen molar-refractivity contribution >= 4 is 0 Å². The van der Waals surface area contributed by atoms with E-state index in [1.165, 1.54) is 38.5 Å². The maximum Gasteiger partial charge on any atom is 0.0546 e. The van der Waals surface area contributed by atoms with E-state index in [2.05, 4.69) is 26.1 Å². The summed E-state index contributed by atoms with van der Waals surface area (Å²) in [4.78, 5) is 0. The van der Waals surface area contributed by atoms with Crippen LogP contribution >= 0.6 is 0 Å². The van der Waals surface area contributed by atoms with Gasteiger partial charge in [0.2, 0.25) is 0 Å². The highest BCUT2D eigenvalue weighted by Gasteiger charge is 2.25. The lowest BCUT2D eigenvalue weighted by molar-refractivity contribution is 0.0492. The monoisotopic (exact) mass is 227 g/mol. The van der Waals surface area contributed by atoms with Crippen LogP contribution in [-0.4, -0.2) is 25.3 Å². The van der Waals surface area contributed by atoms with Gasteiger partial charge in [0.1, 0.15) is 0 Å². The van der Waals surface area contributed by atoms with Gasteiger partial charge in [-0.15, -0.1) is 0 Å². The van der Waals surface area contributed by atoms with Gasteiger partial charge in [0.05, 0.1) is 6.10 Å². The van der Waals surface area contributed by atoms with Gasteiger partial charge >= 0.3 is 0 Å². The molecule has 1 aliphatic carbocycles. The van der Waals surface area contributed by atoms with Crippen LogP contribution in [0, 0.1) is 5.92 Å². The van der Waals surface area contributed by atoms with Gasteiger partial charge in [-0.25, -0.2) is 0 Å². The normalized spacial score (nSPS) is 27.2. The number of rotatable bonds is 8. The molecule has 1 rings (SSSR count). The molecule has 2 nitrogen and oxygen atoms in total. The predicted molar refractivity (Wildman–Crippen MR) is 69.7 cm³/mol. The first-order valence-electron chi connectivity index (χ1n) is 7.12. The van der Waals surface area contributed by atoms with Gasteiger partial charge in [-0.2, -0.15) is 0 Å². The van der Waals surface area contributed by atoms with Gasteiger partial charge < -0.3 is 10.1 Å². The van der Waals surface area contributed by atoms with Crippen LogP contribution in [0.4, 0.5) is 0 Å². The molecule has 1 fully saturated rings. The number of hydrogen-bond acceptors (Lipinski definition) is 2. The van der Waals surface area contributed by atoms with Crippen molar-refractivity contribution in [1.82, 2.24) is 5.32 Å². The highest BCUT2D eigenvalue weighted by atomic mass is 16.5. The maximum absolute atomic E-state index is 5.84. The Hall–Kier alpha value is -0.0800. The van der Waals surface area contributed by atoms with Gasteiger partial charge in [-0.1, -0.05) is 26.7 Å². The lowest BCUT2D eigenvalue weighted by atomic mass is 10.00. The Balaban J connectivity index is 2.11. The van der Waals surface area contributed by atoms with Crippen molar-refractivity contribution in [2.45, 2.75) is 71.4 Å². The molecular weight excluding hydrogens is 198 g/mol. The molecule has 1 saturated carbocycles. The Bertz CT molecular complexity index is 172. The van der Waals surface area contributed by atoms with Gasteiger partial charge in [0.25, 0.3) is 0 Å². The average Bonchev–Trinajstić information content (AvgIpc) is 2.67.